The van der Waals surface area contributed by atoms with Gasteiger partial charge < -0.3 is 10.1 Å². The first-order valence-electron chi connectivity index (χ1n) is 6.94. The first kappa shape index (κ1) is 13.0. The summed E-state index contributed by atoms with van der Waals surface area (Å²) in [6, 6.07) is 6.07. The monoisotopic (exact) mass is 270 g/mol. The lowest BCUT2D eigenvalue weighted by atomic mass is 10.1. The van der Waals surface area contributed by atoms with Gasteiger partial charge in [0.2, 0.25) is 0 Å². The van der Waals surface area contributed by atoms with Crippen LogP contribution in [0.5, 0.6) is 0 Å². The first-order chi connectivity index (χ1) is 9.92. The van der Waals surface area contributed by atoms with Crippen LogP contribution in [0.2, 0.25) is 0 Å². The van der Waals surface area contributed by atoms with Crippen LogP contribution in [-0.2, 0) is 11.2 Å². The number of nitrogens with zero attached hydrogens (tertiary/aromatic N) is 3. The third-order valence-corrected chi connectivity index (χ3v) is 3.48. The molecule has 1 aliphatic rings. The van der Waals surface area contributed by atoms with E-state index in [9.17, 15) is 0 Å². The summed E-state index contributed by atoms with van der Waals surface area (Å²) in [6.07, 6.45) is 7.28. The van der Waals surface area contributed by atoms with Gasteiger partial charge in [0, 0.05) is 37.5 Å². The number of aromatic nitrogens is 3. The van der Waals surface area contributed by atoms with E-state index in [0.717, 1.165) is 44.1 Å². The second-order valence-corrected chi connectivity index (χ2v) is 4.93. The van der Waals surface area contributed by atoms with Crippen molar-refractivity contribution >= 4 is 5.82 Å². The molecule has 1 fully saturated rings. The van der Waals surface area contributed by atoms with Crippen molar-refractivity contribution in [2.75, 3.05) is 25.1 Å². The highest BCUT2D eigenvalue weighted by Gasteiger charge is 2.19. The molecule has 0 bridgehead atoms. The van der Waals surface area contributed by atoms with Crippen LogP contribution < -0.4 is 5.32 Å². The van der Waals surface area contributed by atoms with Gasteiger partial charge in [-0.1, -0.05) is 6.07 Å². The Bertz CT molecular complexity index is 541. The Balaban J connectivity index is 1.56. The zero-order valence-electron chi connectivity index (χ0n) is 11.3. The van der Waals surface area contributed by atoms with Crippen LogP contribution in [0.25, 0.3) is 0 Å². The Morgan fingerprint density at radius 1 is 1.35 bits per heavy atom. The maximum atomic E-state index is 5.40. The molecule has 0 aliphatic carbocycles. The number of anilines is 1. The van der Waals surface area contributed by atoms with Gasteiger partial charge in [0.15, 0.2) is 0 Å². The van der Waals surface area contributed by atoms with E-state index in [1.807, 2.05) is 18.3 Å². The average Bonchev–Trinajstić information content (AvgIpc) is 3.03. The third-order valence-electron chi connectivity index (χ3n) is 3.48. The van der Waals surface area contributed by atoms with Gasteiger partial charge in [0.05, 0.1) is 12.3 Å². The van der Waals surface area contributed by atoms with Crippen LogP contribution in [0.1, 0.15) is 23.6 Å². The molecule has 20 heavy (non-hydrogen) atoms. The molecule has 2 aromatic rings. The summed E-state index contributed by atoms with van der Waals surface area (Å²) in [6.45, 7) is 2.44. The zero-order chi connectivity index (χ0) is 13.6. The molecule has 0 amide bonds. The fraction of sp³-hybridized carbons (Fsp3) is 0.400. The van der Waals surface area contributed by atoms with Gasteiger partial charge in [0.25, 0.3) is 0 Å². The van der Waals surface area contributed by atoms with Crippen LogP contribution in [-0.4, -0.2) is 34.7 Å². The zero-order valence-corrected chi connectivity index (χ0v) is 11.3. The summed E-state index contributed by atoms with van der Waals surface area (Å²) in [4.78, 5) is 12.7. The molecule has 3 heterocycles. The van der Waals surface area contributed by atoms with Crippen molar-refractivity contribution in [3.05, 3.63) is 48.2 Å². The molecule has 0 saturated carbocycles. The lowest BCUT2D eigenvalue weighted by molar-refractivity contribution is 0.193. The first-order valence-corrected chi connectivity index (χ1v) is 6.94. The lowest BCUT2D eigenvalue weighted by Gasteiger charge is -2.09. The van der Waals surface area contributed by atoms with Gasteiger partial charge in [0.1, 0.15) is 12.1 Å². The van der Waals surface area contributed by atoms with Gasteiger partial charge in [-0.05, 0) is 24.5 Å². The minimum atomic E-state index is 0.414. The Morgan fingerprint density at radius 2 is 2.35 bits per heavy atom. The molecule has 1 saturated heterocycles. The minimum Gasteiger partial charge on any atom is -0.381 e. The van der Waals surface area contributed by atoms with E-state index in [1.165, 1.54) is 5.56 Å². The summed E-state index contributed by atoms with van der Waals surface area (Å²) >= 11 is 0. The van der Waals surface area contributed by atoms with Crippen LogP contribution in [0.4, 0.5) is 5.82 Å². The Morgan fingerprint density at radius 3 is 3.15 bits per heavy atom. The highest BCUT2D eigenvalue weighted by atomic mass is 16.5. The van der Waals surface area contributed by atoms with E-state index in [0.29, 0.717) is 5.92 Å². The van der Waals surface area contributed by atoms with Crippen LogP contribution in [0.15, 0.2) is 36.9 Å². The minimum absolute atomic E-state index is 0.414. The molecule has 5 nitrogen and oxygen atoms in total. The van der Waals surface area contributed by atoms with Gasteiger partial charge in [-0.3, -0.25) is 4.98 Å². The van der Waals surface area contributed by atoms with Crippen molar-refractivity contribution in [2.24, 2.45) is 0 Å². The van der Waals surface area contributed by atoms with Gasteiger partial charge in [-0.15, -0.1) is 0 Å². The Labute approximate surface area is 118 Å². The summed E-state index contributed by atoms with van der Waals surface area (Å²) < 4.78 is 5.40. The highest BCUT2D eigenvalue weighted by molar-refractivity contribution is 5.36. The second-order valence-electron chi connectivity index (χ2n) is 4.93. The summed E-state index contributed by atoms with van der Waals surface area (Å²) in [5.74, 6) is 1.29. The largest absolute Gasteiger partial charge is 0.381 e. The standard InChI is InChI=1S/C15H18N4O/c1-2-12(9-16-5-1)3-6-17-15-8-14(18-11-19-15)13-4-7-20-10-13/h1-2,5,8-9,11,13H,3-4,6-7,10H2,(H,17,18,19)/t13-/m1/s1. The highest BCUT2D eigenvalue weighted by Crippen LogP contribution is 2.24. The van der Waals surface area contributed by atoms with Crippen molar-refractivity contribution in [1.29, 1.82) is 0 Å². The lowest BCUT2D eigenvalue weighted by Crippen LogP contribution is -2.08. The molecule has 0 spiro atoms. The van der Waals surface area contributed by atoms with Crippen LogP contribution >= 0.6 is 0 Å². The fourth-order valence-corrected chi connectivity index (χ4v) is 2.34. The van der Waals surface area contributed by atoms with Crippen molar-refractivity contribution in [1.82, 2.24) is 15.0 Å². The van der Waals surface area contributed by atoms with Crippen molar-refractivity contribution < 1.29 is 4.74 Å². The molecular formula is C15H18N4O. The summed E-state index contributed by atoms with van der Waals surface area (Å²) in [5.41, 5.74) is 2.29. The second kappa shape index (κ2) is 6.43. The Kier molecular flexibility index (Phi) is 4.18. The Hall–Kier alpha value is -2.01. The van der Waals surface area contributed by atoms with Crippen LogP contribution in [0.3, 0.4) is 0 Å². The topological polar surface area (TPSA) is 59.9 Å². The molecular weight excluding hydrogens is 252 g/mol. The van der Waals surface area contributed by atoms with Crippen LogP contribution in [0, 0.1) is 0 Å². The molecule has 3 rings (SSSR count). The van der Waals surface area contributed by atoms with E-state index in [4.69, 9.17) is 4.74 Å². The molecule has 104 valence electrons. The number of pyridine rings is 1. The molecule has 1 N–H and O–H groups in total. The molecule has 0 radical (unpaired) electrons. The number of nitrogens with one attached hydrogen (secondary N) is 1. The molecule has 1 aliphatic heterocycles. The summed E-state index contributed by atoms with van der Waals surface area (Å²) in [5, 5.41) is 3.34. The summed E-state index contributed by atoms with van der Waals surface area (Å²) in [7, 11) is 0. The molecule has 0 unspecified atom stereocenters. The van der Waals surface area contributed by atoms with E-state index in [-0.39, 0.29) is 0 Å². The normalized spacial score (nSPS) is 18.1. The van der Waals surface area contributed by atoms with E-state index >= 15 is 0 Å². The molecule has 0 aromatic carbocycles. The number of rotatable bonds is 5. The van der Waals surface area contributed by atoms with Crippen molar-refractivity contribution in [2.45, 2.75) is 18.8 Å². The van der Waals surface area contributed by atoms with Crippen molar-refractivity contribution in [3.63, 3.8) is 0 Å². The molecule has 1 atom stereocenters. The predicted octanol–water partition coefficient (Wildman–Crippen LogP) is 2.03. The number of hydrogen-bond donors (Lipinski definition) is 1. The predicted molar refractivity (Wildman–Crippen MR) is 76.6 cm³/mol. The maximum Gasteiger partial charge on any atom is 0.129 e. The van der Waals surface area contributed by atoms with Crippen molar-refractivity contribution in [3.8, 4) is 0 Å². The van der Waals surface area contributed by atoms with E-state index < -0.39 is 0 Å². The van der Waals surface area contributed by atoms with E-state index in [2.05, 4.69) is 26.3 Å². The van der Waals surface area contributed by atoms with Gasteiger partial charge in [-0.2, -0.15) is 0 Å². The SMILES string of the molecule is c1cncc(CCNc2cc([C@@H]3CCOC3)ncn2)c1. The van der Waals surface area contributed by atoms with E-state index in [1.54, 1.807) is 12.5 Å². The number of hydrogen-bond acceptors (Lipinski definition) is 5. The average molecular weight is 270 g/mol. The van der Waals surface area contributed by atoms with Gasteiger partial charge in [-0.25, -0.2) is 9.97 Å². The number of ether oxygens (including phenoxy) is 1. The quantitative estimate of drug-likeness (QED) is 0.900. The molecule has 2 aromatic heterocycles. The smallest absolute Gasteiger partial charge is 0.129 e. The third kappa shape index (κ3) is 3.30. The maximum absolute atomic E-state index is 5.40. The van der Waals surface area contributed by atoms with Gasteiger partial charge >= 0.3 is 0 Å². The molecule has 5 heteroatoms. The fourth-order valence-electron chi connectivity index (χ4n) is 2.34.